The van der Waals surface area contributed by atoms with Crippen molar-refractivity contribution in [1.29, 1.82) is 0 Å². The Bertz CT molecular complexity index is 991. The molecule has 1 saturated heterocycles. The number of nitrogens with zero attached hydrogens (tertiary/aromatic N) is 4. The minimum atomic E-state index is -0.114. The van der Waals surface area contributed by atoms with Gasteiger partial charge < -0.3 is 9.80 Å². The van der Waals surface area contributed by atoms with Crippen LogP contribution in [0.5, 0.6) is 0 Å². The summed E-state index contributed by atoms with van der Waals surface area (Å²) in [6, 6.07) is 14.9. The summed E-state index contributed by atoms with van der Waals surface area (Å²) in [6.45, 7) is 3.99. The van der Waals surface area contributed by atoms with E-state index in [4.69, 9.17) is 0 Å². The van der Waals surface area contributed by atoms with Gasteiger partial charge in [0.2, 0.25) is 0 Å². The molecule has 1 aliphatic heterocycles. The number of aromatic nitrogens is 3. The van der Waals surface area contributed by atoms with Gasteiger partial charge in [-0.15, -0.1) is 0 Å². The molecule has 0 spiro atoms. The maximum Gasteiger partial charge on any atom is 0.272 e. The van der Waals surface area contributed by atoms with E-state index in [1.807, 2.05) is 49.4 Å². The van der Waals surface area contributed by atoms with E-state index in [9.17, 15) is 9.59 Å². The molecule has 28 heavy (non-hydrogen) atoms. The Morgan fingerprint density at radius 1 is 0.893 bits per heavy atom. The van der Waals surface area contributed by atoms with Crippen molar-refractivity contribution in [3.63, 3.8) is 0 Å². The second-order valence-corrected chi connectivity index (χ2v) is 6.84. The van der Waals surface area contributed by atoms with Crippen molar-refractivity contribution in [3.05, 3.63) is 71.5 Å². The molecule has 1 fully saturated rings. The van der Waals surface area contributed by atoms with Crippen molar-refractivity contribution >= 4 is 11.8 Å². The number of aryl methyl sites for hydroxylation is 1. The normalized spacial score (nSPS) is 14.2. The maximum atomic E-state index is 12.8. The molecule has 1 aromatic carbocycles. The van der Waals surface area contributed by atoms with Crippen LogP contribution in [0.3, 0.4) is 0 Å². The summed E-state index contributed by atoms with van der Waals surface area (Å²) in [6.07, 6.45) is 1.69. The van der Waals surface area contributed by atoms with E-state index in [0.717, 1.165) is 5.56 Å². The molecule has 3 heterocycles. The highest BCUT2D eigenvalue weighted by Gasteiger charge is 2.26. The third-order valence-electron chi connectivity index (χ3n) is 4.85. The summed E-state index contributed by atoms with van der Waals surface area (Å²) in [5.41, 5.74) is 3.53. The van der Waals surface area contributed by atoms with E-state index >= 15 is 0 Å². The second kappa shape index (κ2) is 7.64. The Hall–Kier alpha value is -3.48. The fraction of sp³-hybridized carbons (Fsp3) is 0.238. The van der Waals surface area contributed by atoms with E-state index in [-0.39, 0.29) is 11.8 Å². The van der Waals surface area contributed by atoms with Crippen LogP contribution in [-0.2, 0) is 0 Å². The lowest BCUT2D eigenvalue weighted by Gasteiger charge is -2.34. The average Bonchev–Trinajstić information content (AvgIpc) is 3.24. The van der Waals surface area contributed by atoms with Crippen molar-refractivity contribution in [2.24, 2.45) is 0 Å². The van der Waals surface area contributed by atoms with Gasteiger partial charge in [0.15, 0.2) is 0 Å². The topological polar surface area (TPSA) is 82.2 Å². The quantitative estimate of drug-likeness (QED) is 0.762. The molecule has 0 aliphatic carbocycles. The lowest BCUT2D eigenvalue weighted by atomic mass is 10.1. The van der Waals surface area contributed by atoms with Crippen LogP contribution in [0, 0.1) is 6.92 Å². The number of pyridine rings is 1. The van der Waals surface area contributed by atoms with E-state index in [0.29, 0.717) is 48.8 Å². The Labute approximate surface area is 163 Å². The molecule has 7 heteroatoms. The first kappa shape index (κ1) is 17.9. The summed E-state index contributed by atoms with van der Waals surface area (Å²) in [7, 11) is 0. The van der Waals surface area contributed by atoms with Crippen LogP contribution in [-0.4, -0.2) is 63.0 Å². The van der Waals surface area contributed by atoms with Gasteiger partial charge in [0, 0.05) is 37.9 Å². The number of piperazine rings is 1. The summed E-state index contributed by atoms with van der Waals surface area (Å²) in [5.74, 6) is -0.105. The number of hydrogen-bond donors (Lipinski definition) is 1. The molecule has 3 aromatic rings. The molecule has 0 bridgehead atoms. The van der Waals surface area contributed by atoms with Crippen molar-refractivity contribution < 1.29 is 9.59 Å². The van der Waals surface area contributed by atoms with Crippen molar-refractivity contribution in [1.82, 2.24) is 25.0 Å². The summed E-state index contributed by atoms with van der Waals surface area (Å²) in [4.78, 5) is 33.2. The molecule has 7 nitrogen and oxygen atoms in total. The molecule has 142 valence electrons. The average molecular weight is 375 g/mol. The largest absolute Gasteiger partial charge is 0.335 e. The molecule has 4 rings (SSSR count). The van der Waals surface area contributed by atoms with Gasteiger partial charge in [-0.2, -0.15) is 5.10 Å². The molecule has 0 unspecified atom stereocenters. The first-order valence-corrected chi connectivity index (χ1v) is 9.24. The Morgan fingerprint density at radius 2 is 1.64 bits per heavy atom. The summed E-state index contributed by atoms with van der Waals surface area (Å²) >= 11 is 0. The maximum absolute atomic E-state index is 12.8. The van der Waals surface area contributed by atoms with Gasteiger partial charge in [-0.3, -0.25) is 19.7 Å². The minimum Gasteiger partial charge on any atom is -0.335 e. The second-order valence-electron chi connectivity index (χ2n) is 6.84. The van der Waals surface area contributed by atoms with Gasteiger partial charge in [-0.25, -0.2) is 0 Å². The van der Waals surface area contributed by atoms with Gasteiger partial charge in [-0.05, 0) is 37.3 Å². The zero-order chi connectivity index (χ0) is 19.5. The number of carbonyl (C=O) groups excluding carboxylic acids is 2. The molecule has 2 aromatic heterocycles. The highest BCUT2D eigenvalue weighted by molar-refractivity contribution is 5.95. The van der Waals surface area contributed by atoms with Crippen LogP contribution in [0.15, 0.2) is 54.7 Å². The fourth-order valence-electron chi connectivity index (χ4n) is 3.32. The van der Waals surface area contributed by atoms with Gasteiger partial charge in [0.1, 0.15) is 11.4 Å². The van der Waals surface area contributed by atoms with Crippen molar-refractivity contribution in [2.45, 2.75) is 6.92 Å². The third-order valence-corrected chi connectivity index (χ3v) is 4.85. The Morgan fingerprint density at radius 3 is 2.32 bits per heavy atom. The molecule has 1 N–H and O–H groups in total. The van der Waals surface area contributed by atoms with Gasteiger partial charge in [-0.1, -0.05) is 23.8 Å². The van der Waals surface area contributed by atoms with Crippen molar-refractivity contribution in [2.75, 3.05) is 26.2 Å². The zero-order valence-corrected chi connectivity index (χ0v) is 15.6. The van der Waals surface area contributed by atoms with Gasteiger partial charge in [0.05, 0.1) is 5.69 Å². The monoisotopic (exact) mass is 375 g/mol. The number of hydrogen-bond acceptors (Lipinski definition) is 4. The van der Waals surface area contributed by atoms with E-state index < -0.39 is 0 Å². The number of aromatic amines is 1. The van der Waals surface area contributed by atoms with Crippen LogP contribution in [0.1, 0.15) is 26.4 Å². The number of amides is 2. The fourth-order valence-corrected chi connectivity index (χ4v) is 3.32. The highest BCUT2D eigenvalue weighted by atomic mass is 16.2. The number of H-pyrrole nitrogens is 1. The Balaban J connectivity index is 1.39. The van der Waals surface area contributed by atoms with Crippen LogP contribution in [0.25, 0.3) is 11.4 Å². The standard InChI is InChI=1S/C21H21N5O2/c1-15-5-4-6-16(13-15)20(27)25-9-11-26(12-10-25)21(28)19-14-18(23-24-19)17-7-2-3-8-22-17/h2-8,13-14H,9-12H2,1H3,(H,23,24). The predicted octanol–water partition coefficient (Wildman–Crippen LogP) is 2.38. The number of rotatable bonds is 3. The first-order valence-electron chi connectivity index (χ1n) is 9.24. The van der Waals surface area contributed by atoms with Crippen molar-refractivity contribution in [3.8, 4) is 11.4 Å². The molecular formula is C21H21N5O2. The predicted molar refractivity (Wildman–Crippen MR) is 105 cm³/mol. The molecule has 1 aliphatic rings. The Kier molecular flexibility index (Phi) is 4.89. The minimum absolute atomic E-state index is 0.00905. The van der Waals surface area contributed by atoms with Crippen LogP contribution in [0.2, 0.25) is 0 Å². The SMILES string of the molecule is Cc1cccc(C(=O)N2CCN(C(=O)c3cc(-c4ccccn4)n[nH]3)CC2)c1. The van der Waals surface area contributed by atoms with E-state index in [2.05, 4.69) is 15.2 Å². The molecule has 0 saturated carbocycles. The summed E-state index contributed by atoms with van der Waals surface area (Å²) < 4.78 is 0. The highest BCUT2D eigenvalue weighted by Crippen LogP contribution is 2.17. The molecule has 0 atom stereocenters. The number of benzene rings is 1. The number of carbonyl (C=O) groups is 2. The van der Waals surface area contributed by atoms with E-state index in [1.165, 1.54) is 0 Å². The lowest BCUT2D eigenvalue weighted by Crippen LogP contribution is -2.50. The lowest BCUT2D eigenvalue weighted by molar-refractivity contribution is 0.0532. The molecule has 0 radical (unpaired) electrons. The smallest absolute Gasteiger partial charge is 0.272 e. The third kappa shape index (κ3) is 3.64. The van der Waals surface area contributed by atoms with Gasteiger partial charge >= 0.3 is 0 Å². The van der Waals surface area contributed by atoms with Crippen LogP contribution >= 0.6 is 0 Å². The summed E-state index contributed by atoms with van der Waals surface area (Å²) in [5, 5.41) is 7.00. The molecular weight excluding hydrogens is 354 g/mol. The zero-order valence-electron chi connectivity index (χ0n) is 15.6. The van der Waals surface area contributed by atoms with E-state index in [1.54, 1.807) is 22.1 Å². The van der Waals surface area contributed by atoms with Crippen LogP contribution < -0.4 is 0 Å². The molecule has 2 amide bonds. The van der Waals surface area contributed by atoms with Crippen LogP contribution in [0.4, 0.5) is 0 Å². The van der Waals surface area contributed by atoms with Gasteiger partial charge in [0.25, 0.3) is 11.8 Å². The first-order chi connectivity index (χ1) is 13.6. The number of nitrogens with one attached hydrogen (secondary N) is 1.